The van der Waals surface area contributed by atoms with Gasteiger partial charge in [0.1, 0.15) is 5.58 Å². The average molecular weight is 384 g/mol. The van der Waals surface area contributed by atoms with E-state index >= 15 is 0 Å². The van der Waals surface area contributed by atoms with Gasteiger partial charge >= 0.3 is 0 Å². The lowest BCUT2D eigenvalue weighted by molar-refractivity contribution is 0.376. The van der Waals surface area contributed by atoms with Crippen molar-refractivity contribution >= 4 is 21.7 Å². The summed E-state index contributed by atoms with van der Waals surface area (Å²) in [5.41, 5.74) is 6.29. The number of aromatic nitrogens is 1. The summed E-state index contributed by atoms with van der Waals surface area (Å²) < 4.78 is 5.88. The molecule has 1 fully saturated rings. The van der Waals surface area contributed by atoms with Crippen LogP contribution in [-0.4, -0.2) is 4.98 Å². The first-order valence-corrected chi connectivity index (χ1v) is 10.8. The highest BCUT2D eigenvalue weighted by atomic mass is 16.3. The molecule has 5 rings (SSSR count). The van der Waals surface area contributed by atoms with Gasteiger partial charge in [-0.15, -0.1) is 0 Å². The Morgan fingerprint density at radius 1 is 1.03 bits per heavy atom. The molecule has 1 unspecified atom stereocenters. The van der Waals surface area contributed by atoms with Crippen LogP contribution < -0.4 is 0 Å². The largest absolute Gasteiger partial charge is 0.464 e. The van der Waals surface area contributed by atoms with Crippen molar-refractivity contribution in [2.24, 2.45) is 5.41 Å². The molecule has 2 heteroatoms. The number of nitrogens with zero attached hydrogens (tertiary/aromatic N) is 1. The minimum atomic E-state index is 0.459. The van der Waals surface area contributed by atoms with Crippen molar-refractivity contribution in [3.8, 4) is 11.3 Å². The smallest absolute Gasteiger partial charge is 0.143 e. The van der Waals surface area contributed by atoms with Crippen LogP contribution in [0.2, 0.25) is 0 Å². The molecule has 0 bridgehead atoms. The van der Waals surface area contributed by atoms with Crippen molar-refractivity contribution in [3.05, 3.63) is 66.1 Å². The topological polar surface area (TPSA) is 26.0 Å². The summed E-state index contributed by atoms with van der Waals surface area (Å²) in [6, 6.07) is 15.7. The normalized spacial score (nSPS) is 18.9. The third-order valence-corrected chi connectivity index (χ3v) is 6.72. The summed E-state index contributed by atoms with van der Waals surface area (Å²) in [7, 11) is 0. The van der Waals surface area contributed by atoms with E-state index in [1.807, 2.05) is 6.20 Å². The van der Waals surface area contributed by atoms with Crippen molar-refractivity contribution < 1.29 is 4.42 Å². The highest BCUT2D eigenvalue weighted by Crippen LogP contribution is 2.46. The lowest BCUT2D eigenvalue weighted by Gasteiger charge is -2.18. The second-order valence-electron chi connectivity index (χ2n) is 9.81. The Balaban J connectivity index is 1.65. The van der Waals surface area contributed by atoms with Crippen LogP contribution in [0.3, 0.4) is 0 Å². The Morgan fingerprint density at radius 3 is 2.66 bits per heavy atom. The second kappa shape index (κ2) is 6.73. The molecule has 1 atom stereocenters. The Kier molecular flexibility index (Phi) is 4.27. The Morgan fingerprint density at radius 2 is 1.90 bits per heavy atom. The van der Waals surface area contributed by atoms with E-state index < -0.39 is 0 Å². The van der Waals surface area contributed by atoms with Crippen LogP contribution in [0.5, 0.6) is 0 Å². The summed E-state index contributed by atoms with van der Waals surface area (Å²) in [4.78, 5) is 4.80. The molecule has 0 N–H and O–H groups in total. The first-order chi connectivity index (χ1) is 13.9. The van der Waals surface area contributed by atoms with E-state index in [1.165, 1.54) is 41.2 Å². The Bertz CT molecular complexity index is 1200. The molecule has 2 nitrogen and oxygen atoms in total. The zero-order chi connectivity index (χ0) is 20.2. The molecule has 4 aromatic rings. The van der Waals surface area contributed by atoms with Gasteiger partial charge in [0.2, 0.25) is 0 Å². The molecule has 2 aromatic heterocycles. The number of furan rings is 1. The standard InChI is InChI=1S/C27H29NO/c1-17(2)22-14-20-9-12-29-26(20)24(15-22)25-23-6-5-18(13-19(23)8-11-28-25)21-7-10-27(3,4)16-21/h5-6,8-9,11-15,17,21H,7,10,16H2,1-4H3. The summed E-state index contributed by atoms with van der Waals surface area (Å²) in [5, 5.41) is 3.62. The predicted octanol–water partition coefficient (Wildman–Crippen LogP) is 8.07. The minimum Gasteiger partial charge on any atom is -0.464 e. The number of benzene rings is 2. The maximum Gasteiger partial charge on any atom is 0.143 e. The van der Waals surface area contributed by atoms with Gasteiger partial charge in [0.15, 0.2) is 0 Å². The molecule has 1 saturated carbocycles. The van der Waals surface area contributed by atoms with E-state index in [-0.39, 0.29) is 0 Å². The highest BCUT2D eigenvalue weighted by Gasteiger charge is 2.31. The van der Waals surface area contributed by atoms with Gasteiger partial charge in [-0.05, 0) is 77.3 Å². The maximum absolute atomic E-state index is 5.88. The minimum absolute atomic E-state index is 0.459. The van der Waals surface area contributed by atoms with Gasteiger partial charge in [-0.2, -0.15) is 0 Å². The third kappa shape index (κ3) is 3.25. The highest BCUT2D eigenvalue weighted by molar-refractivity contribution is 6.02. The number of rotatable bonds is 3. The molecule has 1 aliphatic carbocycles. The first kappa shape index (κ1) is 18.4. The predicted molar refractivity (Wildman–Crippen MR) is 121 cm³/mol. The van der Waals surface area contributed by atoms with Crippen molar-refractivity contribution in [2.45, 2.75) is 58.8 Å². The lowest BCUT2D eigenvalue weighted by Crippen LogP contribution is -2.04. The molecule has 29 heavy (non-hydrogen) atoms. The summed E-state index contributed by atoms with van der Waals surface area (Å²) in [5.74, 6) is 1.13. The van der Waals surface area contributed by atoms with Crippen LogP contribution in [-0.2, 0) is 0 Å². The fourth-order valence-electron chi connectivity index (χ4n) is 5.00. The number of hydrogen-bond acceptors (Lipinski definition) is 2. The maximum atomic E-state index is 5.88. The van der Waals surface area contributed by atoms with Gasteiger partial charge in [-0.25, -0.2) is 0 Å². The zero-order valence-corrected chi connectivity index (χ0v) is 17.8. The number of fused-ring (bicyclic) bond motifs is 2. The van der Waals surface area contributed by atoms with E-state index in [4.69, 9.17) is 9.40 Å². The van der Waals surface area contributed by atoms with Crippen LogP contribution in [0, 0.1) is 5.41 Å². The van der Waals surface area contributed by atoms with Crippen LogP contribution in [0.1, 0.15) is 69.9 Å². The van der Waals surface area contributed by atoms with Crippen molar-refractivity contribution in [2.75, 3.05) is 0 Å². The van der Waals surface area contributed by atoms with Crippen molar-refractivity contribution in [1.82, 2.24) is 4.98 Å². The van der Waals surface area contributed by atoms with Gasteiger partial charge in [0.05, 0.1) is 12.0 Å². The summed E-state index contributed by atoms with van der Waals surface area (Å²) >= 11 is 0. The molecule has 148 valence electrons. The van der Waals surface area contributed by atoms with Gasteiger partial charge in [0.25, 0.3) is 0 Å². The molecule has 2 aromatic carbocycles. The molecule has 0 saturated heterocycles. The van der Waals surface area contributed by atoms with Crippen LogP contribution in [0.4, 0.5) is 0 Å². The van der Waals surface area contributed by atoms with E-state index in [2.05, 4.69) is 70.2 Å². The molecule has 1 aliphatic rings. The molecule has 0 radical (unpaired) electrons. The van der Waals surface area contributed by atoms with E-state index in [9.17, 15) is 0 Å². The fourth-order valence-corrected chi connectivity index (χ4v) is 5.00. The SMILES string of the molecule is CC(C)c1cc(-c2nccc3cc(C4CCC(C)(C)C4)ccc23)c2occc2c1. The summed E-state index contributed by atoms with van der Waals surface area (Å²) in [6.45, 7) is 9.26. The molecule has 2 heterocycles. The quantitative estimate of drug-likeness (QED) is 0.357. The molecular weight excluding hydrogens is 354 g/mol. The van der Waals surface area contributed by atoms with Gasteiger partial charge in [-0.3, -0.25) is 4.98 Å². The molecule has 0 aliphatic heterocycles. The second-order valence-corrected chi connectivity index (χ2v) is 9.81. The molecular formula is C27H29NO. The molecule has 0 spiro atoms. The third-order valence-electron chi connectivity index (χ3n) is 6.72. The van der Waals surface area contributed by atoms with Crippen LogP contribution in [0.15, 0.2) is 59.3 Å². The average Bonchev–Trinajstić information content (AvgIpc) is 3.32. The van der Waals surface area contributed by atoms with Gasteiger partial charge in [-0.1, -0.05) is 45.9 Å². The van der Waals surface area contributed by atoms with Crippen molar-refractivity contribution in [1.29, 1.82) is 0 Å². The van der Waals surface area contributed by atoms with E-state index in [0.717, 1.165) is 22.2 Å². The van der Waals surface area contributed by atoms with Crippen LogP contribution in [0.25, 0.3) is 33.0 Å². The van der Waals surface area contributed by atoms with Crippen LogP contribution >= 0.6 is 0 Å². The summed E-state index contributed by atoms with van der Waals surface area (Å²) in [6.07, 6.45) is 7.61. The fraction of sp³-hybridized carbons (Fsp3) is 0.370. The van der Waals surface area contributed by atoms with E-state index in [1.54, 1.807) is 6.26 Å². The lowest BCUT2D eigenvalue weighted by atomic mass is 9.88. The first-order valence-electron chi connectivity index (χ1n) is 10.8. The van der Waals surface area contributed by atoms with E-state index in [0.29, 0.717) is 17.3 Å². The van der Waals surface area contributed by atoms with Crippen molar-refractivity contribution in [3.63, 3.8) is 0 Å². The Hall–Kier alpha value is -2.61. The monoisotopic (exact) mass is 383 g/mol. The van der Waals surface area contributed by atoms with Gasteiger partial charge < -0.3 is 4.42 Å². The molecule has 0 amide bonds. The number of pyridine rings is 1. The van der Waals surface area contributed by atoms with Gasteiger partial charge in [0, 0.05) is 22.5 Å². The number of hydrogen-bond donors (Lipinski definition) is 0. The zero-order valence-electron chi connectivity index (χ0n) is 17.8. The Labute approximate surface area is 173 Å².